The predicted molar refractivity (Wildman–Crippen MR) is 164 cm³/mol. The summed E-state index contributed by atoms with van der Waals surface area (Å²) in [6.45, 7) is 26.9. The maximum atomic E-state index is 3.36. The number of aryl methyl sites for hydroxylation is 2. The molecule has 1 saturated carbocycles. The van der Waals surface area contributed by atoms with Crippen molar-refractivity contribution in [1.82, 2.24) is 0 Å². The van der Waals surface area contributed by atoms with Gasteiger partial charge in [-0.2, -0.15) is 0 Å². The van der Waals surface area contributed by atoms with Crippen molar-refractivity contribution in [3.05, 3.63) is 84.0 Å². The SMILES string of the molecule is C=CC.CC.CC1CCC(C)CC1.CC=C(C)C(C)C.CCc1ccc(-c2cccc(C)c2)cc1. The van der Waals surface area contributed by atoms with Crippen LogP contribution >= 0.6 is 0 Å². The molecule has 1 aliphatic carbocycles. The fraction of sp³-hybridized carbons (Fsp3) is 0.543. The maximum absolute atomic E-state index is 3.36. The molecule has 2 aromatic rings. The summed E-state index contributed by atoms with van der Waals surface area (Å²) in [5.74, 6) is 2.77. The Labute approximate surface area is 221 Å². The molecule has 35 heavy (non-hydrogen) atoms. The molecular formula is C35H58. The lowest BCUT2D eigenvalue weighted by atomic mass is 9.84. The van der Waals surface area contributed by atoms with Crippen LogP contribution in [0.5, 0.6) is 0 Å². The molecule has 0 unspecified atom stereocenters. The van der Waals surface area contributed by atoms with Crippen LogP contribution in [0, 0.1) is 24.7 Å². The minimum atomic E-state index is 0.727. The summed E-state index contributed by atoms with van der Waals surface area (Å²) >= 11 is 0. The third-order valence-electron chi connectivity index (χ3n) is 6.38. The Hall–Kier alpha value is -2.08. The van der Waals surface area contributed by atoms with Gasteiger partial charge in [0, 0.05) is 0 Å². The van der Waals surface area contributed by atoms with Gasteiger partial charge in [-0.1, -0.05) is 146 Å². The van der Waals surface area contributed by atoms with Crippen molar-refractivity contribution in [3.63, 3.8) is 0 Å². The van der Waals surface area contributed by atoms with Crippen LogP contribution in [0.15, 0.2) is 72.8 Å². The molecule has 3 rings (SSSR count). The number of hydrogen-bond acceptors (Lipinski definition) is 0. The van der Waals surface area contributed by atoms with E-state index in [0.29, 0.717) is 0 Å². The van der Waals surface area contributed by atoms with Gasteiger partial charge in [0.05, 0.1) is 0 Å². The zero-order valence-corrected chi connectivity index (χ0v) is 25.2. The summed E-state index contributed by atoms with van der Waals surface area (Å²) in [4.78, 5) is 0. The van der Waals surface area contributed by atoms with Gasteiger partial charge in [-0.05, 0) is 68.6 Å². The van der Waals surface area contributed by atoms with Crippen molar-refractivity contribution in [2.24, 2.45) is 17.8 Å². The minimum Gasteiger partial charge on any atom is -0.103 e. The van der Waals surface area contributed by atoms with Gasteiger partial charge in [0.15, 0.2) is 0 Å². The Kier molecular flexibility index (Phi) is 22.4. The Bertz CT molecular complexity index is 758. The number of rotatable bonds is 3. The van der Waals surface area contributed by atoms with E-state index in [1.54, 1.807) is 6.08 Å². The summed E-state index contributed by atoms with van der Waals surface area (Å²) in [6, 6.07) is 17.4. The van der Waals surface area contributed by atoms with Crippen molar-refractivity contribution in [2.45, 2.75) is 108 Å². The van der Waals surface area contributed by atoms with Crippen LogP contribution in [0.2, 0.25) is 0 Å². The van der Waals surface area contributed by atoms with E-state index in [1.165, 1.54) is 53.5 Å². The van der Waals surface area contributed by atoms with E-state index in [-0.39, 0.29) is 0 Å². The van der Waals surface area contributed by atoms with E-state index >= 15 is 0 Å². The Balaban J connectivity index is 0. The first-order valence-corrected chi connectivity index (χ1v) is 14.0. The Morgan fingerprint density at radius 2 is 1.34 bits per heavy atom. The zero-order valence-electron chi connectivity index (χ0n) is 25.2. The van der Waals surface area contributed by atoms with Crippen LogP contribution in [0.25, 0.3) is 11.1 Å². The molecule has 1 aliphatic rings. The minimum absolute atomic E-state index is 0.727. The van der Waals surface area contributed by atoms with Crippen LogP contribution in [-0.2, 0) is 6.42 Å². The summed E-state index contributed by atoms with van der Waals surface area (Å²) in [6.07, 6.45) is 10.9. The second-order valence-electron chi connectivity index (χ2n) is 9.88. The molecule has 0 saturated heterocycles. The molecule has 0 amide bonds. The van der Waals surface area contributed by atoms with Crippen LogP contribution in [0.4, 0.5) is 0 Å². The highest BCUT2D eigenvalue weighted by Gasteiger charge is 2.13. The van der Waals surface area contributed by atoms with E-state index in [4.69, 9.17) is 0 Å². The molecule has 0 atom stereocenters. The molecule has 0 heterocycles. The second-order valence-corrected chi connectivity index (χ2v) is 9.88. The highest BCUT2D eigenvalue weighted by atomic mass is 14.2. The first-order valence-electron chi connectivity index (χ1n) is 14.0. The van der Waals surface area contributed by atoms with Crippen molar-refractivity contribution in [1.29, 1.82) is 0 Å². The van der Waals surface area contributed by atoms with Crippen LogP contribution in [0.3, 0.4) is 0 Å². The van der Waals surface area contributed by atoms with Gasteiger partial charge >= 0.3 is 0 Å². The summed E-state index contributed by atoms with van der Waals surface area (Å²) in [7, 11) is 0. The molecule has 0 spiro atoms. The molecule has 0 heteroatoms. The third-order valence-corrected chi connectivity index (χ3v) is 6.38. The van der Waals surface area contributed by atoms with E-state index in [1.807, 2.05) is 20.8 Å². The summed E-state index contributed by atoms with van der Waals surface area (Å²) in [5, 5.41) is 0. The predicted octanol–water partition coefficient (Wildman–Crippen LogP) is 11.9. The molecule has 1 fully saturated rings. The first-order chi connectivity index (χ1) is 16.7. The second kappa shape index (κ2) is 22.4. The fourth-order valence-electron chi connectivity index (χ4n) is 3.52. The van der Waals surface area contributed by atoms with Crippen molar-refractivity contribution < 1.29 is 0 Å². The van der Waals surface area contributed by atoms with Gasteiger partial charge in [0.1, 0.15) is 0 Å². The maximum Gasteiger partial charge on any atom is -0.0181 e. The van der Waals surface area contributed by atoms with Crippen LogP contribution in [0.1, 0.15) is 106 Å². The lowest BCUT2D eigenvalue weighted by Gasteiger charge is -2.22. The van der Waals surface area contributed by atoms with Crippen molar-refractivity contribution in [3.8, 4) is 11.1 Å². The van der Waals surface area contributed by atoms with Gasteiger partial charge in [0.2, 0.25) is 0 Å². The fourth-order valence-corrected chi connectivity index (χ4v) is 3.52. The van der Waals surface area contributed by atoms with Gasteiger partial charge in [-0.25, -0.2) is 0 Å². The molecule has 0 radical (unpaired) electrons. The molecule has 2 aromatic carbocycles. The highest BCUT2D eigenvalue weighted by Crippen LogP contribution is 2.27. The molecule has 0 bridgehead atoms. The monoisotopic (exact) mass is 478 g/mol. The number of benzene rings is 2. The Morgan fingerprint density at radius 3 is 1.66 bits per heavy atom. The van der Waals surface area contributed by atoms with Crippen LogP contribution in [-0.4, -0.2) is 0 Å². The van der Waals surface area contributed by atoms with E-state index in [9.17, 15) is 0 Å². The molecule has 0 N–H and O–H groups in total. The average molecular weight is 479 g/mol. The van der Waals surface area contributed by atoms with E-state index in [0.717, 1.165) is 24.2 Å². The third kappa shape index (κ3) is 17.9. The molecule has 0 nitrogen and oxygen atoms in total. The topological polar surface area (TPSA) is 0 Å². The van der Waals surface area contributed by atoms with E-state index < -0.39 is 0 Å². The normalized spacial score (nSPS) is 16.6. The van der Waals surface area contributed by atoms with Crippen molar-refractivity contribution >= 4 is 0 Å². The molecular weight excluding hydrogens is 420 g/mol. The lowest BCUT2D eigenvalue weighted by molar-refractivity contribution is 0.308. The van der Waals surface area contributed by atoms with Crippen LogP contribution < -0.4 is 0 Å². The first kappa shape index (κ1) is 35.1. The summed E-state index contributed by atoms with van der Waals surface area (Å²) < 4.78 is 0. The Morgan fingerprint density at radius 1 is 0.886 bits per heavy atom. The number of allylic oxidation sites excluding steroid dienone is 3. The van der Waals surface area contributed by atoms with Gasteiger partial charge in [-0.3, -0.25) is 0 Å². The summed E-state index contributed by atoms with van der Waals surface area (Å²) in [5.41, 5.74) is 6.78. The standard InChI is InChI=1S/C15H16.C8H16.C7H14.C3H6.C2H6/c1-3-13-7-9-14(10-8-13)15-6-4-5-12(2)11-15;1-7-3-5-8(2)6-4-7;1-5-7(4)6(2)3;1-3-2;1-2/h4-11H,3H2,1-2H3;7-8H,3-6H2,1-2H3;5-6H,1-4H3;3H,1H2,2H3;1-2H3. The van der Waals surface area contributed by atoms with Crippen molar-refractivity contribution in [2.75, 3.05) is 0 Å². The number of hydrogen-bond donors (Lipinski definition) is 0. The zero-order chi connectivity index (χ0) is 27.2. The molecule has 0 aliphatic heterocycles. The smallest absolute Gasteiger partial charge is 0.0181 e. The largest absolute Gasteiger partial charge is 0.103 e. The molecule has 0 aromatic heterocycles. The van der Waals surface area contributed by atoms with E-state index in [2.05, 4.69) is 117 Å². The molecule has 198 valence electrons. The average Bonchev–Trinajstić information content (AvgIpc) is 2.88. The lowest BCUT2D eigenvalue weighted by Crippen LogP contribution is -2.08. The van der Waals surface area contributed by atoms with Gasteiger partial charge in [0.25, 0.3) is 0 Å². The van der Waals surface area contributed by atoms with Gasteiger partial charge in [-0.15, -0.1) is 6.58 Å². The quantitative estimate of drug-likeness (QED) is 0.385. The van der Waals surface area contributed by atoms with Gasteiger partial charge < -0.3 is 0 Å². The highest BCUT2D eigenvalue weighted by molar-refractivity contribution is 5.64.